The molecule has 7 heteroatoms. The van der Waals surface area contributed by atoms with Crippen LogP contribution in [0.5, 0.6) is 5.75 Å². The van der Waals surface area contributed by atoms with Crippen LogP contribution in [0, 0.1) is 0 Å². The molecular weight excluding hydrogens is 295 g/mol. The smallest absolute Gasteiger partial charge is 0.490 e. The van der Waals surface area contributed by atoms with E-state index in [4.69, 9.17) is 14.0 Å². The summed E-state index contributed by atoms with van der Waals surface area (Å²) in [6.07, 6.45) is 2.33. The first kappa shape index (κ1) is 16.3. The summed E-state index contributed by atoms with van der Waals surface area (Å²) in [5.74, 6) is 0.370. The molecule has 1 saturated carbocycles. The first-order valence-corrected chi connectivity index (χ1v) is 7.98. The molecule has 1 aliphatic heterocycles. The largest absolute Gasteiger partial charge is 0.514 e. The van der Waals surface area contributed by atoms with Gasteiger partial charge >= 0.3 is 7.12 Å². The summed E-state index contributed by atoms with van der Waals surface area (Å²) in [5, 5.41) is 2.59. The number of hydrogen-bond acceptors (Lipinski definition) is 5. The lowest BCUT2D eigenvalue weighted by atomic mass is 9.84. The van der Waals surface area contributed by atoms with Crippen LogP contribution in [0.4, 0.5) is 0 Å². The molecule has 2 heterocycles. The van der Waals surface area contributed by atoms with Crippen molar-refractivity contribution < 1.29 is 18.8 Å². The summed E-state index contributed by atoms with van der Waals surface area (Å²) in [4.78, 5) is 16.4. The summed E-state index contributed by atoms with van der Waals surface area (Å²) >= 11 is 0. The van der Waals surface area contributed by atoms with Gasteiger partial charge in [-0.15, -0.1) is 0 Å². The average molecular weight is 318 g/mol. The number of amides is 1. The highest BCUT2D eigenvalue weighted by Crippen LogP contribution is 2.36. The van der Waals surface area contributed by atoms with Crippen molar-refractivity contribution in [2.45, 2.75) is 57.8 Å². The van der Waals surface area contributed by atoms with Gasteiger partial charge in [-0.05, 0) is 46.6 Å². The van der Waals surface area contributed by atoms with Crippen molar-refractivity contribution in [3.63, 3.8) is 0 Å². The lowest BCUT2D eigenvalue weighted by Crippen LogP contribution is -2.41. The monoisotopic (exact) mass is 318 g/mol. The van der Waals surface area contributed by atoms with Gasteiger partial charge in [-0.1, -0.05) is 0 Å². The third-order valence-corrected chi connectivity index (χ3v) is 4.60. The van der Waals surface area contributed by atoms with E-state index in [1.807, 2.05) is 27.7 Å². The van der Waals surface area contributed by atoms with E-state index in [9.17, 15) is 4.79 Å². The van der Waals surface area contributed by atoms with E-state index in [1.54, 1.807) is 19.2 Å². The topological polar surface area (TPSA) is 69.7 Å². The molecule has 124 valence electrons. The Labute approximate surface area is 137 Å². The Kier molecular flexibility index (Phi) is 3.88. The summed E-state index contributed by atoms with van der Waals surface area (Å²) in [5.41, 5.74) is -0.0597. The average Bonchev–Trinajstić information content (AvgIpc) is 3.24. The van der Waals surface area contributed by atoms with E-state index in [0.29, 0.717) is 17.0 Å². The number of nitrogens with zero attached hydrogens (tertiary/aromatic N) is 1. The van der Waals surface area contributed by atoms with E-state index in [-0.39, 0.29) is 12.0 Å². The second-order valence-electron chi connectivity index (χ2n) is 7.10. The molecule has 0 unspecified atom stereocenters. The predicted octanol–water partition coefficient (Wildman–Crippen LogP) is 1.28. The van der Waals surface area contributed by atoms with Gasteiger partial charge in [0.1, 0.15) is 11.4 Å². The van der Waals surface area contributed by atoms with Gasteiger partial charge < -0.3 is 19.4 Å². The molecule has 2 aliphatic rings. The Hall–Kier alpha value is -1.60. The second-order valence-corrected chi connectivity index (χ2v) is 7.10. The van der Waals surface area contributed by atoms with E-state index in [0.717, 1.165) is 12.8 Å². The third kappa shape index (κ3) is 3.21. The molecule has 3 rings (SSSR count). The SMILES string of the molecule is CNC(=O)c1cc(OC2CC2)cc(B2OC(C)(C)C(C)(C)O2)n1. The molecule has 1 aromatic rings. The van der Waals surface area contributed by atoms with Crippen LogP contribution >= 0.6 is 0 Å². The molecule has 1 aromatic heterocycles. The summed E-state index contributed by atoms with van der Waals surface area (Å²) in [6.45, 7) is 7.93. The highest BCUT2D eigenvalue weighted by Gasteiger charge is 2.52. The number of aromatic nitrogens is 1. The van der Waals surface area contributed by atoms with Crippen LogP contribution in [0.25, 0.3) is 0 Å². The molecule has 6 nitrogen and oxygen atoms in total. The van der Waals surface area contributed by atoms with E-state index in [1.165, 1.54) is 0 Å². The fourth-order valence-corrected chi connectivity index (χ4v) is 2.30. The Morgan fingerprint density at radius 1 is 1.26 bits per heavy atom. The van der Waals surface area contributed by atoms with Crippen molar-refractivity contribution in [1.29, 1.82) is 0 Å². The lowest BCUT2D eigenvalue weighted by molar-refractivity contribution is 0.00578. The fourth-order valence-electron chi connectivity index (χ4n) is 2.30. The van der Waals surface area contributed by atoms with Gasteiger partial charge in [-0.2, -0.15) is 0 Å². The van der Waals surface area contributed by atoms with Crippen LogP contribution in [-0.2, 0) is 9.31 Å². The molecule has 0 spiro atoms. The molecule has 0 atom stereocenters. The van der Waals surface area contributed by atoms with Crippen LogP contribution in [0.1, 0.15) is 51.0 Å². The van der Waals surface area contributed by atoms with Gasteiger partial charge in [0.2, 0.25) is 0 Å². The van der Waals surface area contributed by atoms with Crippen molar-refractivity contribution in [1.82, 2.24) is 10.3 Å². The number of hydrogen-bond donors (Lipinski definition) is 1. The van der Waals surface area contributed by atoms with Crippen LogP contribution in [0.15, 0.2) is 12.1 Å². The van der Waals surface area contributed by atoms with Crippen molar-refractivity contribution in [2.75, 3.05) is 7.05 Å². The molecule has 1 saturated heterocycles. The van der Waals surface area contributed by atoms with Crippen molar-refractivity contribution in [2.24, 2.45) is 0 Å². The standard InChI is InChI=1S/C16H23BN2O4/c1-15(2)16(3,4)23-17(22-15)13-9-11(21-10-6-7-10)8-12(19-13)14(20)18-5/h8-10H,6-7H2,1-5H3,(H,18,20). The Morgan fingerprint density at radius 3 is 2.39 bits per heavy atom. The van der Waals surface area contributed by atoms with Crippen LogP contribution < -0.4 is 15.6 Å². The molecule has 0 aromatic carbocycles. The molecular formula is C16H23BN2O4. The van der Waals surface area contributed by atoms with Crippen LogP contribution in [0.2, 0.25) is 0 Å². The van der Waals surface area contributed by atoms with Crippen molar-refractivity contribution >= 4 is 18.6 Å². The summed E-state index contributed by atoms with van der Waals surface area (Å²) < 4.78 is 17.9. The number of rotatable bonds is 4. The normalized spacial score (nSPS) is 22.0. The maximum absolute atomic E-state index is 12.0. The number of carbonyl (C=O) groups excluding carboxylic acids is 1. The minimum Gasteiger partial charge on any atom is -0.490 e. The molecule has 0 radical (unpaired) electrons. The quantitative estimate of drug-likeness (QED) is 0.847. The predicted molar refractivity (Wildman–Crippen MR) is 87.0 cm³/mol. The lowest BCUT2D eigenvalue weighted by Gasteiger charge is -2.32. The first-order chi connectivity index (χ1) is 10.7. The Morgan fingerprint density at radius 2 is 1.87 bits per heavy atom. The highest BCUT2D eigenvalue weighted by atomic mass is 16.7. The zero-order valence-corrected chi connectivity index (χ0v) is 14.3. The van der Waals surface area contributed by atoms with Gasteiger partial charge in [-0.25, -0.2) is 0 Å². The van der Waals surface area contributed by atoms with Gasteiger partial charge in [0.15, 0.2) is 0 Å². The van der Waals surface area contributed by atoms with E-state index < -0.39 is 18.3 Å². The van der Waals surface area contributed by atoms with Crippen molar-refractivity contribution in [3.8, 4) is 5.75 Å². The van der Waals surface area contributed by atoms with Gasteiger partial charge in [0.05, 0.1) is 22.9 Å². The molecule has 1 amide bonds. The minimum absolute atomic E-state index is 0.237. The maximum atomic E-state index is 12.0. The number of nitrogens with one attached hydrogen (secondary N) is 1. The maximum Gasteiger partial charge on any atom is 0.514 e. The van der Waals surface area contributed by atoms with Crippen LogP contribution in [0.3, 0.4) is 0 Å². The van der Waals surface area contributed by atoms with Gasteiger partial charge in [0, 0.05) is 13.1 Å². The number of ether oxygens (including phenoxy) is 1. The highest BCUT2D eigenvalue weighted by molar-refractivity contribution is 6.61. The number of carbonyl (C=O) groups is 1. The van der Waals surface area contributed by atoms with Gasteiger partial charge in [0.25, 0.3) is 5.91 Å². The molecule has 0 bridgehead atoms. The summed E-state index contributed by atoms with van der Waals surface area (Å²) in [6, 6.07) is 3.46. The zero-order valence-electron chi connectivity index (χ0n) is 14.3. The first-order valence-electron chi connectivity index (χ1n) is 7.98. The van der Waals surface area contributed by atoms with Crippen molar-refractivity contribution in [3.05, 3.63) is 17.8 Å². The molecule has 1 aliphatic carbocycles. The Balaban J connectivity index is 1.93. The number of pyridine rings is 1. The van der Waals surface area contributed by atoms with Gasteiger partial charge in [-0.3, -0.25) is 9.78 Å². The van der Waals surface area contributed by atoms with E-state index >= 15 is 0 Å². The molecule has 23 heavy (non-hydrogen) atoms. The molecule has 2 fully saturated rings. The zero-order chi connectivity index (χ0) is 16.8. The Bertz CT molecular complexity index is 613. The summed E-state index contributed by atoms with van der Waals surface area (Å²) in [7, 11) is 0.957. The fraction of sp³-hybridized carbons (Fsp3) is 0.625. The van der Waals surface area contributed by atoms with E-state index in [2.05, 4.69) is 10.3 Å². The second kappa shape index (κ2) is 5.49. The van der Waals surface area contributed by atoms with Crippen LogP contribution in [-0.4, -0.2) is 42.4 Å². The molecule has 1 N–H and O–H groups in total. The minimum atomic E-state index is -0.619. The third-order valence-electron chi connectivity index (χ3n) is 4.60.